The minimum Gasteiger partial charge on any atom is -0.337 e. The molecule has 0 atom stereocenters. The van der Waals surface area contributed by atoms with Gasteiger partial charge in [-0.25, -0.2) is 9.97 Å². The van der Waals surface area contributed by atoms with Crippen molar-refractivity contribution in [2.75, 3.05) is 13.1 Å². The highest BCUT2D eigenvalue weighted by Crippen LogP contribution is 2.28. The van der Waals surface area contributed by atoms with Gasteiger partial charge in [0.15, 0.2) is 5.69 Å². The van der Waals surface area contributed by atoms with Crippen LogP contribution in [0.3, 0.4) is 0 Å². The van der Waals surface area contributed by atoms with E-state index >= 15 is 0 Å². The Bertz CT molecular complexity index is 486. The van der Waals surface area contributed by atoms with E-state index in [9.17, 15) is 4.79 Å². The molecule has 0 unspecified atom stereocenters. The Morgan fingerprint density at radius 2 is 2.20 bits per heavy atom. The zero-order valence-electron chi connectivity index (χ0n) is 12.4. The van der Waals surface area contributed by atoms with Crippen molar-refractivity contribution in [3.05, 3.63) is 22.7 Å². The first-order valence-corrected chi connectivity index (χ1v) is 7.72. The fraction of sp³-hybridized carbons (Fsp3) is 0.667. The number of hydrogen-bond donors (Lipinski definition) is 0. The summed E-state index contributed by atoms with van der Waals surface area (Å²) < 4.78 is 0. The number of carbonyl (C=O) groups excluding carboxylic acids is 1. The van der Waals surface area contributed by atoms with Crippen LogP contribution >= 0.6 is 11.6 Å². The van der Waals surface area contributed by atoms with Crippen LogP contribution in [0.4, 0.5) is 0 Å². The van der Waals surface area contributed by atoms with E-state index in [0.717, 1.165) is 6.54 Å². The van der Waals surface area contributed by atoms with Crippen molar-refractivity contribution in [2.45, 2.75) is 46.0 Å². The molecular formula is C15H22ClN3O. The Hall–Kier alpha value is -1.16. The van der Waals surface area contributed by atoms with Gasteiger partial charge < -0.3 is 4.90 Å². The minimum absolute atomic E-state index is 0.0753. The van der Waals surface area contributed by atoms with E-state index < -0.39 is 0 Å². The van der Waals surface area contributed by atoms with E-state index in [1.54, 1.807) is 0 Å². The molecular weight excluding hydrogens is 274 g/mol. The van der Waals surface area contributed by atoms with Crippen LogP contribution in [0.15, 0.2) is 6.20 Å². The molecule has 20 heavy (non-hydrogen) atoms. The molecule has 0 aliphatic heterocycles. The maximum atomic E-state index is 12.6. The van der Waals surface area contributed by atoms with E-state index in [1.807, 2.05) is 25.7 Å². The van der Waals surface area contributed by atoms with Crippen LogP contribution in [0.25, 0.3) is 0 Å². The van der Waals surface area contributed by atoms with Crippen molar-refractivity contribution in [3.63, 3.8) is 0 Å². The molecule has 1 aromatic heterocycles. The topological polar surface area (TPSA) is 46.1 Å². The fourth-order valence-electron chi connectivity index (χ4n) is 2.30. The van der Waals surface area contributed by atoms with E-state index in [-0.39, 0.29) is 11.8 Å². The lowest BCUT2D eigenvalue weighted by Crippen LogP contribution is -2.38. The number of rotatable bonds is 5. The fourth-order valence-corrected chi connectivity index (χ4v) is 2.47. The molecule has 0 bridgehead atoms. The lowest BCUT2D eigenvalue weighted by molar-refractivity contribution is 0.0700. The van der Waals surface area contributed by atoms with Crippen molar-refractivity contribution in [1.29, 1.82) is 0 Å². The SMILES string of the molecule is CCN(CC1CCC1)C(=O)c1nc(C(C)C)ncc1Cl. The molecule has 0 saturated heterocycles. The molecule has 2 rings (SSSR count). The smallest absolute Gasteiger partial charge is 0.274 e. The predicted molar refractivity (Wildman–Crippen MR) is 80.0 cm³/mol. The van der Waals surface area contributed by atoms with Crippen LogP contribution in [-0.4, -0.2) is 33.9 Å². The zero-order chi connectivity index (χ0) is 14.7. The van der Waals surface area contributed by atoms with Gasteiger partial charge >= 0.3 is 0 Å². The first kappa shape index (κ1) is 15.2. The molecule has 0 N–H and O–H groups in total. The summed E-state index contributed by atoms with van der Waals surface area (Å²) in [4.78, 5) is 23.0. The summed E-state index contributed by atoms with van der Waals surface area (Å²) in [5.41, 5.74) is 0.339. The third kappa shape index (κ3) is 3.29. The molecule has 1 aliphatic carbocycles. The maximum Gasteiger partial charge on any atom is 0.274 e. The van der Waals surface area contributed by atoms with Gasteiger partial charge in [0, 0.05) is 19.0 Å². The Labute approximate surface area is 125 Å². The summed E-state index contributed by atoms with van der Waals surface area (Å²) in [5, 5.41) is 0.339. The average molecular weight is 296 g/mol. The second-order valence-electron chi connectivity index (χ2n) is 5.72. The van der Waals surface area contributed by atoms with Crippen LogP contribution in [0.1, 0.15) is 62.3 Å². The summed E-state index contributed by atoms with van der Waals surface area (Å²) in [6, 6.07) is 0. The maximum absolute atomic E-state index is 12.6. The average Bonchev–Trinajstić information content (AvgIpc) is 2.37. The molecule has 110 valence electrons. The molecule has 1 fully saturated rings. The first-order chi connectivity index (χ1) is 9.52. The van der Waals surface area contributed by atoms with Crippen molar-refractivity contribution in [3.8, 4) is 0 Å². The lowest BCUT2D eigenvalue weighted by atomic mass is 9.85. The van der Waals surface area contributed by atoms with Gasteiger partial charge in [-0.1, -0.05) is 31.9 Å². The van der Waals surface area contributed by atoms with Gasteiger partial charge in [-0.15, -0.1) is 0 Å². The van der Waals surface area contributed by atoms with E-state index in [1.165, 1.54) is 25.5 Å². The summed E-state index contributed by atoms with van der Waals surface area (Å²) in [5.74, 6) is 1.41. The van der Waals surface area contributed by atoms with Crippen LogP contribution in [0.5, 0.6) is 0 Å². The Balaban J connectivity index is 2.19. The van der Waals surface area contributed by atoms with Gasteiger partial charge in [-0.2, -0.15) is 0 Å². The molecule has 1 saturated carbocycles. The molecule has 0 aromatic carbocycles. The third-order valence-electron chi connectivity index (χ3n) is 3.85. The van der Waals surface area contributed by atoms with Crippen LogP contribution in [-0.2, 0) is 0 Å². The Morgan fingerprint density at radius 3 is 2.70 bits per heavy atom. The van der Waals surface area contributed by atoms with Crippen LogP contribution in [0.2, 0.25) is 5.02 Å². The van der Waals surface area contributed by atoms with Gasteiger partial charge in [0.05, 0.1) is 11.2 Å². The van der Waals surface area contributed by atoms with Gasteiger partial charge in [-0.05, 0) is 25.7 Å². The highest BCUT2D eigenvalue weighted by Gasteiger charge is 2.25. The number of amides is 1. The van der Waals surface area contributed by atoms with Gasteiger partial charge in [0.2, 0.25) is 0 Å². The number of halogens is 1. The molecule has 4 nitrogen and oxygen atoms in total. The highest BCUT2D eigenvalue weighted by molar-refractivity contribution is 6.33. The third-order valence-corrected chi connectivity index (χ3v) is 4.13. The molecule has 1 aromatic rings. The zero-order valence-corrected chi connectivity index (χ0v) is 13.2. The monoisotopic (exact) mass is 295 g/mol. The van der Waals surface area contributed by atoms with Gasteiger partial charge in [0.25, 0.3) is 5.91 Å². The first-order valence-electron chi connectivity index (χ1n) is 7.34. The molecule has 1 amide bonds. The van der Waals surface area contributed by atoms with Crippen molar-refractivity contribution in [1.82, 2.24) is 14.9 Å². The summed E-state index contributed by atoms with van der Waals surface area (Å²) in [7, 11) is 0. The number of nitrogens with zero attached hydrogens (tertiary/aromatic N) is 3. The van der Waals surface area contributed by atoms with Crippen LogP contribution < -0.4 is 0 Å². The largest absolute Gasteiger partial charge is 0.337 e. The van der Waals surface area contributed by atoms with Crippen LogP contribution in [0, 0.1) is 5.92 Å². The normalized spacial score (nSPS) is 15.2. The standard InChI is InChI=1S/C15H22ClN3O/c1-4-19(9-11-6-5-7-11)15(20)13-12(16)8-17-14(18-13)10(2)3/h8,10-11H,4-7,9H2,1-3H3. The van der Waals surface area contributed by atoms with Crippen molar-refractivity contribution < 1.29 is 4.79 Å². The lowest BCUT2D eigenvalue weighted by Gasteiger charge is -2.31. The molecule has 1 heterocycles. The number of carbonyl (C=O) groups is 1. The second kappa shape index (κ2) is 6.53. The molecule has 5 heteroatoms. The minimum atomic E-state index is -0.0753. The predicted octanol–water partition coefficient (Wildman–Crippen LogP) is 3.52. The summed E-state index contributed by atoms with van der Waals surface area (Å²) in [6.07, 6.45) is 5.26. The molecule has 0 spiro atoms. The van der Waals surface area contributed by atoms with Gasteiger partial charge in [0.1, 0.15) is 5.82 Å². The molecule has 1 aliphatic rings. The quantitative estimate of drug-likeness (QED) is 0.835. The van der Waals surface area contributed by atoms with E-state index in [2.05, 4.69) is 9.97 Å². The van der Waals surface area contributed by atoms with Crippen molar-refractivity contribution in [2.24, 2.45) is 5.92 Å². The highest BCUT2D eigenvalue weighted by atomic mass is 35.5. The second-order valence-corrected chi connectivity index (χ2v) is 6.13. The van der Waals surface area contributed by atoms with E-state index in [0.29, 0.717) is 29.0 Å². The summed E-state index contributed by atoms with van der Waals surface area (Å²) >= 11 is 6.11. The Morgan fingerprint density at radius 1 is 1.50 bits per heavy atom. The molecule has 0 radical (unpaired) electrons. The van der Waals surface area contributed by atoms with E-state index in [4.69, 9.17) is 11.6 Å². The number of hydrogen-bond acceptors (Lipinski definition) is 3. The Kier molecular flexibility index (Phi) is 4.97. The number of aromatic nitrogens is 2. The summed E-state index contributed by atoms with van der Waals surface area (Å²) in [6.45, 7) is 7.50. The van der Waals surface area contributed by atoms with Gasteiger partial charge in [-0.3, -0.25) is 4.79 Å². The van der Waals surface area contributed by atoms with Crippen molar-refractivity contribution >= 4 is 17.5 Å².